The van der Waals surface area contributed by atoms with Crippen molar-refractivity contribution in [2.45, 2.75) is 55.6 Å². The van der Waals surface area contributed by atoms with E-state index in [0.717, 1.165) is 11.6 Å². The molecule has 6 aromatic carbocycles. The van der Waals surface area contributed by atoms with Crippen LogP contribution in [0.15, 0.2) is 231 Å². The zero-order valence-corrected chi connectivity index (χ0v) is 40.7. The Bertz CT molecular complexity index is 3230. The number of nitrogens with zero attached hydrogens (tertiary/aromatic N) is 4. The number of rotatable bonds is 4. The minimum absolute atomic E-state index is 0.114. The molecule has 8 aromatic rings. The molecule has 4 aliphatic heterocycles. The van der Waals surface area contributed by atoms with Crippen LogP contribution in [0.25, 0.3) is 0 Å². The summed E-state index contributed by atoms with van der Waals surface area (Å²) in [7, 11) is 0. The lowest BCUT2D eigenvalue weighted by Gasteiger charge is -2.59. The predicted octanol–water partition coefficient (Wildman–Crippen LogP) is 12.5. The Kier molecular flexibility index (Phi) is 9.31. The Morgan fingerprint density at radius 2 is 0.690 bits per heavy atom. The van der Waals surface area contributed by atoms with E-state index in [1.165, 1.54) is 78.0 Å². The van der Waals surface area contributed by atoms with Crippen LogP contribution in [0.3, 0.4) is 0 Å². The van der Waals surface area contributed by atoms with Crippen LogP contribution in [0, 0.1) is 11.8 Å². The number of pyridine rings is 2. The molecule has 0 amide bonds. The van der Waals surface area contributed by atoms with E-state index in [1.807, 2.05) is 0 Å². The predicted molar refractivity (Wildman–Crippen MR) is 297 cm³/mol. The van der Waals surface area contributed by atoms with Crippen molar-refractivity contribution in [2.75, 3.05) is 9.80 Å². The first-order valence-electron chi connectivity index (χ1n) is 25.6. The van der Waals surface area contributed by atoms with E-state index in [4.69, 9.17) is 9.97 Å². The number of allylic oxidation sites excluding steroid dienone is 8. The summed E-state index contributed by atoms with van der Waals surface area (Å²) in [6.45, 7) is 9.58. The highest BCUT2D eigenvalue weighted by atomic mass is 15.2. The van der Waals surface area contributed by atoms with Gasteiger partial charge in [-0.25, -0.2) is 9.97 Å². The largest absolute Gasteiger partial charge is 0.294 e. The molecule has 2 aromatic heterocycles. The van der Waals surface area contributed by atoms with Gasteiger partial charge in [-0.1, -0.05) is 232 Å². The first kappa shape index (κ1) is 42.2. The van der Waals surface area contributed by atoms with E-state index in [1.54, 1.807) is 0 Å². The normalized spacial score (nSPS) is 23.2. The lowest BCUT2D eigenvalue weighted by molar-refractivity contribution is 0.281. The summed E-state index contributed by atoms with van der Waals surface area (Å²) >= 11 is 0. The van der Waals surface area contributed by atoms with E-state index >= 15 is 0 Å². The molecule has 0 saturated heterocycles. The molecular weight excluding hydrogens is 858 g/mol. The third kappa shape index (κ3) is 5.88. The van der Waals surface area contributed by atoms with Gasteiger partial charge >= 0.3 is 0 Å². The van der Waals surface area contributed by atoms with Crippen molar-refractivity contribution < 1.29 is 0 Å². The Labute approximate surface area is 419 Å². The number of hydrogen-bond acceptors (Lipinski definition) is 4. The first-order chi connectivity index (χ1) is 34.8. The highest BCUT2D eigenvalue weighted by Gasteiger charge is 2.62. The van der Waals surface area contributed by atoms with Crippen LogP contribution >= 0.6 is 0 Å². The first-order valence-corrected chi connectivity index (χ1v) is 25.6. The number of fused-ring (bicyclic) bond motifs is 12. The number of para-hydroxylation sites is 4. The minimum atomic E-state index is -0.333. The number of anilines is 6. The lowest BCUT2D eigenvalue weighted by Crippen LogP contribution is -2.67. The maximum atomic E-state index is 5.40. The maximum absolute atomic E-state index is 5.40. The van der Waals surface area contributed by atoms with Gasteiger partial charge in [0.25, 0.3) is 0 Å². The van der Waals surface area contributed by atoms with Gasteiger partial charge in [-0.05, 0) is 93.2 Å². The van der Waals surface area contributed by atoms with Crippen molar-refractivity contribution in [3.63, 3.8) is 0 Å². The Morgan fingerprint density at radius 1 is 0.366 bits per heavy atom. The van der Waals surface area contributed by atoms with Gasteiger partial charge < -0.3 is 0 Å². The van der Waals surface area contributed by atoms with Gasteiger partial charge in [0.1, 0.15) is 11.6 Å². The van der Waals surface area contributed by atoms with E-state index in [9.17, 15) is 0 Å². The molecular formula is C65H54B2N4. The summed E-state index contributed by atoms with van der Waals surface area (Å²) in [5.74, 6) is 2.64. The quantitative estimate of drug-likeness (QED) is 0.165. The van der Waals surface area contributed by atoms with Crippen molar-refractivity contribution in [2.24, 2.45) is 11.8 Å². The molecule has 4 nitrogen and oxygen atoms in total. The molecule has 0 saturated carbocycles. The molecule has 14 rings (SSSR count). The third-order valence-corrected chi connectivity index (χ3v) is 17.7. The van der Waals surface area contributed by atoms with Gasteiger partial charge in [0.2, 0.25) is 13.4 Å². The average molecular weight is 913 g/mol. The molecule has 6 aliphatic rings. The fraction of sp³-hybridized carbons (Fsp3) is 0.169. The Morgan fingerprint density at radius 3 is 1.04 bits per heavy atom. The fourth-order valence-corrected chi connectivity index (χ4v) is 14.6. The monoisotopic (exact) mass is 912 g/mol. The summed E-state index contributed by atoms with van der Waals surface area (Å²) in [5, 5.41) is 0. The lowest BCUT2D eigenvalue weighted by atomic mass is 9.19. The van der Waals surface area contributed by atoms with Gasteiger partial charge in [-0.15, -0.1) is 0 Å². The molecule has 0 fully saturated rings. The summed E-state index contributed by atoms with van der Waals surface area (Å²) in [4.78, 5) is 15.5. The van der Waals surface area contributed by atoms with Crippen LogP contribution in [-0.2, 0) is 16.2 Å². The average Bonchev–Trinajstić information content (AvgIpc) is 3.42. The summed E-state index contributed by atoms with van der Waals surface area (Å²) in [6, 6.07) is 63.4. The second-order valence-electron chi connectivity index (χ2n) is 21.6. The SMILES string of the molecule is CC1(C)c2ccccc2N(c2ccc(B3c4ccccc4C4(c5ccccc5B(c5ccc(N6c7ccccc7C(C)(C)c7ccccc76)nc5)C5C=CC=CC54)C4C=CC=CC34)cn2)c2ccccc21. The van der Waals surface area contributed by atoms with E-state index < -0.39 is 0 Å². The molecule has 2 aliphatic carbocycles. The fourth-order valence-electron chi connectivity index (χ4n) is 14.6. The number of aromatic nitrogens is 2. The van der Waals surface area contributed by atoms with Crippen LogP contribution in [0.2, 0.25) is 11.6 Å². The topological polar surface area (TPSA) is 32.3 Å². The zero-order chi connectivity index (χ0) is 47.6. The molecule has 4 atom stereocenters. The second-order valence-corrected chi connectivity index (χ2v) is 21.6. The molecule has 71 heavy (non-hydrogen) atoms. The zero-order valence-electron chi connectivity index (χ0n) is 40.7. The van der Waals surface area contributed by atoms with Crippen molar-refractivity contribution >= 4 is 69.7 Å². The number of hydrogen-bond donors (Lipinski definition) is 0. The molecule has 6 heteroatoms. The van der Waals surface area contributed by atoms with Crippen molar-refractivity contribution in [3.05, 3.63) is 264 Å². The molecule has 0 N–H and O–H groups in total. The smallest absolute Gasteiger partial charge is 0.219 e. The number of benzene rings is 6. The highest BCUT2D eigenvalue weighted by molar-refractivity contribution is 6.88. The van der Waals surface area contributed by atoms with E-state index in [-0.39, 0.29) is 53.1 Å². The van der Waals surface area contributed by atoms with Gasteiger partial charge in [-0.3, -0.25) is 9.80 Å². The van der Waals surface area contributed by atoms with Gasteiger partial charge in [-0.2, -0.15) is 0 Å². The van der Waals surface area contributed by atoms with Crippen molar-refractivity contribution in [1.29, 1.82) is 0 Å². The highest BCUT2D eigenvalue weighted by Crippen LogP contribution is 2.61. The van der Waals surface area contributed by atoms with Crippen LogP contribution < -0.4 is 31.7 Å². The van der Waals surface area contributed by atoms with E-state index in [0.29, 0.717) is 0 Å². The van der Waals surface area contributed by atoms with Gasteiger partial charge in [0.05, 0.1) is 22.7 Å². The molecule has 340 valence electrons. The molecule has 0 radical (unpaired) electrons. The van der Waals surface area contributed by atoms with E-state index in [2.05, 4.69) is 268 Å². The van der Waals surface area contributed by atoms with Crippen LogP contribution in [-0.4, -0.2) is 23.4 Å². The van der Waals surface area contributed by atoms with Crippen LogP contribution in [0.1, 0.15) is 61.1 Å². The van der Waals surface area contributed by atoms with Gasteiger partial charge in [0.15, 0.2) is 0 Å². The Hall–Kier alpha value is -7.69. The van der Waals surface area contributed by atoms with Crippen molar-refractivity contribution in [3.8, 4) is 0 Å². The third-order valence-electron chi connectivity index (χ3n) is 17.7. The van der Waals surface area contributed by atoms with Gasteiger partial charge in [0, 0.05) is 28.6 Å². The summed E-state index contributed by atoms with van der Waals surface area (Å²) in [6.07, 6.45) is 23.7. The summed E-state index contributed by atoms with van der Waals surface area (Å²) < 4.78 is 0. The van der Waals surface area contributed by atoms with Crippen LogP contribution in [0.5, 0.6) is 0 Å². The molecule has 1 spiro atoms. The summed E-state index contributed by atoms with van der Waals surface area (Å²) in [5.41, 5.74) is 17.5. The molecule has 6 heterocycles. The standard InChI is InChI=1S/C65H54B2N4/c1-63(2)49-25-9-17-33-57(49)70(58-34-18-10-26-50(58)63)61-39-37-43(41-68-61)66-53-29-13-5-21-45(53)65(46-22-6-14-30-54(46)66)47-23-7-15-31-55(47)67(56-32-16-8-24-48(56)65)44-38-40-62(69-42-44)71-59-35-19-11-27-51(59)64(3,4)52-28-12-20-36-60(52)71/h5-42,45,47,53,55H,1-4H3. The molecule has 0 bridgehead atoms. The molecule has 4 unspecified atom stereocenters. The Balaban J connectivity index is 0.884. The van der Waals surface area contributed by atoms with Crippen LogP contribution in [0.4, 0.5) is 34.4 Å². The second kappa shape index (κ2) is 15.7. The minimum Gasteiger partial charge on any atom is -0.294 e. The van der Waals surface area contributed by atoms with Crippen molar-refractivity contribution in [1.82, 2.24) is 9.97 Å². The maximum Gasteiger partial charge on any atom is 0.219 e.